The van der Waals surface area contributed by atoms with Crippen LogP contribution in [0.4, 0.5) is 0 Å². The number of carbonyl (C=O) groups is 1. The number of ether oxygens (including phenoxy) is 1. The minimum atomic E-state index is -0.0214. The minimum Gasteiger partial charge on any atom is -0.465 e. The Morgan fingerprint density at radius 3 is 1.87 bits per heavy atom. The van der Waals surface area contributed by atoms with Crippen LogP contribution in [-0.2, 0) is 9.53 Å². The average molecular weight is 425 g/mol. The maximum atomic E-state index is 12.4. The Hall–Kier alpha value is -0.610. The third-order valence-electron chi connectivity index (χ3n) is 6.46. The summed E-state index contributed by atoms with van der Waals surface area (Å²) in [6.45, 7) is 9.90. The van der Waals surface area contributed by atoms with Crippen molar-refractivity contribution < 1.29 is 9.53 Å². The summed E-state index contributed by atoms with van der Waals surface area (Å²) in [5.74, 6) is 0.668. The smallest absolute Gasteiger partial charge is 0.320 e. The van der Waals surface area contributed by atoms with Crippen molar-refractivity contribution in [2.45, 2.75) is 117 Å². The average Bonchev–Trinajstić information content (AvgIpc) is 3.25. The van der Waals surface area contributed by atoms with Crippen LogP contribution in [0.2, 0.25) is 0 Å². The van der Waals surface area contributed by atoms with Crippen LogP contribution in [-0.4, -0.2) is 50.2 Å². The molecule has 0 aromatic heterocycles. The molecule has 178 valence electrons. The number of esters is 1. The molecule has 1 N–H and O–H groups in total. The lowest BCUT2D eigenvalue weighted by atomic mass is 10.1. The van der Waals surface area contributed by atoms with Crippen LogP contribution in [0.1, 0.15) is 117 Å². The highest BCUT2D eigenvalue weighted by Crippen LogP contribution is 2.13. The van der Waals surface area contributed by atoms with Gasteiger partial charge in [-0.15, -0.1) is 0 Å². The van der Waals surface area contributed by atoms with E-state index < -0.39 is 0 Å². The van der Waals surface area contributed by atoms with Gasteiger partial charge in [-0.25, -0.2) is 0 Å². The zero-order valence-electron chi connectivity index (χ0n) is 20.4. The zero-order chi connectivity index (χ0) is 21.7. The molecule has 1 atom stereocenters. The first-order valence-electron chi connectivity index (χ1n) is 13.3. The van der Waals surface area contributed by atoms with Gasteiger partial charge in [0, 0.05) is 0 Å². The Kier molecular flexibility index (Phi) is 18.6. The molecule has 1 fully saturated rings. The van der Waals surface area contributed by atoms with Crippen LogP contribution in [0.3, 0.4) is 0 Å². The number of carbonyl (C=O) groups excluding carboxylic acids is 1. The van der Waals surface area contributed by atoms with Crippen LogP contribution in [0.5, 0.6) is 0 Å². The molecular formula is C26H52N2O2. The van der Waals surface area contributed by atoms with Gasteiger partial charge in [-0.1, -0.05) is 90.9 Å². The van der Waals surface area contributed by atoms with Crippen molar-refractivity contribution in [1.29, 1.82) is 0 Å². The standard InChI is InChI=1S/C26H52N2O2/c1-3-5-7-9-11-13-15-20-28(21-16-14-12-10-8-6-4-2)24-26(29)30-22-18-25-17-19-27-23-25/h25,27H,3-24H2,1-2H3. The molecule has 0 saturated carbocycles. The molecule has 1 aliphatic rings. The predicted molar refractivity (Wildman–Crippen MR) is 129 cm³/mol. The maximum Gasteiger partial charge on any atom is 0.320 e. The molecule has 0 radical (unpaired) electrons. The molecule has 0 aromatic carbocycles. The number of hydrogen-bond donors (Lipinski definition) is 1. The molecule has 30 heavy (non-hydrogen) atoms. The second-order valence-electron chi connectivity index (χ2n) is 9.39. The molecule has 1 heterocycles. The van der Waals surface area contributed by atoms with E-state index in [1.165, 1.54) is 96.3 Å². The lowest BCUT2D eigenvalue weighted by Gasteiger charge is -2.21. The third-order valence-corrected chi connectivity index (χ3v) is 6.46. The summed E-state index contributed by atoms with van der Waals surface area (Å²) in [4.78, 5) is 14.7. The molecule has 1 aliphatic heterocycles. The van der Waals surface area contributed by atoms with E-state index in [2.05, 4.69) is 24.1 Å². The summed E-state index contributed by atoms with van der Waals surface area (Å²) in [6, 6.07) is 0. The summed E-state index contributed by atoms with van der Waals surface area (Å²) in [5.41, 5.74) is 0. The number of hydrogen-bond acceptors (Lipinski definition) is 4. The van der Waals surface area contributed by atoms with E-state index in [9.17, 15) is 4.79 Å². The molecule has 1 rings (SSSR count). The molecule has 0 spiro atoms. The molecule has 1 unspecified atom stereocenters. The SMILES string of the molecule is CCCCCCCCCN(CCCCCCCCC)CC(=O)OCCC1CCNC1. The highest BCUT2D eigenvalue weighted by molar-refractivity contribution is 5.71. The quantitative estimate of drug-likeness (QED) is 0.173. The second kappa shape index (κ2) is 20.3. The summed E-state index contributed by atoms with van der Waals surface area (Å²) in [7, 11) is 0. The van der Waals surface area contributed by atoms with Crippen molar-refractivity contribution in [2.75, 3.05) is 39.3 Å². The fraction of sp³-hybridized carbons (Fsp3) is 0.962. The van der Waals surface area contributed by atoms with E-state index in [0.29, 0.717) is 19.1 Å². The Morgan fingerprint density at radius 2 is 1.37 bits per heavy atom. The zero-order valence-corrected chi connectivity index (χ0v) is 20.4. The third kappa shape index (κ3) is 16.1. The molecule has 4 nitrogen and oxygen atoms in total. The number of unbranched alkanes of at least 4 members (excludes halogenated alkanes) is 12. The normalized spacial score (nSPS) is 16.4. The van der Waals surface area contributed by atoms with Gasteiger partial charge in [-0.3, -0.25) is 9.69 Å². The van der Waals surface area contributed by atoms with Gasteiger partial charge in [0.05, 0.1) is 13.2 Å². The van der Waals surface area contributed by atoms with Gasteiger partial charge in [0.25, 0.3) is 0 Å². The lowest BCUT2D eigenvalue weighted by Crippen LogP contribution is -2.33. The van der Waals surface area contributed by atoms with Gasteiger partial charge in [0.1, 0.15) is 0 Å². The number of nitrogens with one attached hydrogen (secondary N) is 1. The number of rotatable bonds is 21. The first-order valence-corrected chi connectivity index (χ1v) is 13.3. The Labute approximate surface area is 187 Å². The molecule has 0 aromatic rings. The van der Waals surface area contributed by atoms with Gasteiger partial charge < -0.3 is 10.1 Å². The topological polar surface area (TPSA) is 41.6 Å². The van der Waals surface area contributed by atoms with E-state index in [1.807, 2.05) is 0 Å². The minimum absolute atomic E-state index is 0.0214. The van der Waals surface area contributed by atoms with Crippen LogP contribution in [0.15, 0.2) is 0 Å². The van der Waals surface area contributed by atoms with E-state index >= 15 is 0 Å². The van der Waals surface area contributed by atoms with Crippen LogP contribution in [0, 0.1) is 5.92 Å². The van der Waals surface area contributed by atoms with Gasteiger partial charge in [-0.2, -0.15) is 0 Å². The highest BCUT2D eigenvalue weighted by atomic mass is 16.5. The fourth-order valence-corrected chi connectivity index (χ4v) is 4.38. The first kappa shape index (κ1) is 27.4. The van der Waals surface area contributed by atoms with E-state index in [0.717, 1.165) is 32.6 Å². The molecule has 4 heteroatoms. The summed E-state index contributed by atoms with van der Waals surface area (Å²) >= 11 is 0. The van der Waals surface area contributed by atoms with Crippen molar-refractivity contribution in [1.82, 2.24) is 10.2 Å². The lowest BCUT2D eigenvalue weighted by molar-refractivity contribution is -0.145. The van der Waals surface area contributed by atoms with E-state index in [4.69, 9.17) is 4.74 Å². The molecular weight excluding hydrogens is 372 g/mol. The van der Waals surface area contributed by atoms with Crippen LogP contribution < -0.4 is 5.32 Å². The largest absolute Gasteiger partial charge is 0.465 e. The van der Waals surface area contributed by atoms with Crippen molar-refractivity contribution >= 4 is 5.97 Å². The van der Waals surface area contributed by atoms with E-state index in [1.54, 1.807) is 0 Å². The first-order chi connectivity index (χ1) is 14.8. The second-order valence-corrected chi connectivity index (χ2v) is 9.39. The van der Waals surface area contributed by atoms with E-state index in [-0.39, 0.29) is 5.97 Å². The molecule has 1 saturated heterocycles. The van der Waals surface area contributed by atoms with Gasteiger partial charge in [0.15, 0.2) is 0 Å². The molecule has 0 aliphatic carbocycles. The monoisotopic (exact) mass is 424 g/mol. The maximum absolute atomic E-state index is 12.4. The summed E-state index contributed by atoms with van der Waals surface area (Å²) < 4.78 is 5.57. The summed E-state index contributed by atoms with van der Waals surface area (Å²) in [6.07, 6.45) is 20.8. The molecule has 0 amide bonds. The summed E-state index contributed by atoms with van der Waals surface area (Å²) in [5, 5.41) is 3.38. The van der Waals surface area contributed by atoms with Crippen LogP contribution >= 0.6 is 0 Å². The Balaban J connectivity index is 2.19. The molecule has 0 bridgehead atoms. The Bertz CT molecular complexity index is 365. The van der Waals surface area contributed by atoms with Crippen molar-refractivity contribution in [3.63, 3.8) is 0 Å². The van der Waals surface area contributed by atoms with Crippen molar-refractivity contribution in [3.05, 3.63) is 0 Å². The highest BCUT2D eigenvalue weighted by Gasteiger charge is 2.16. The Morgan fingerprint density at radius 1 is 0.833 bits per heavy atom. The predicted octanol–water partition coefficient (Wildman–Crippen LogP) is 6.33. The van der Waals surface area contributed by atoms with Gasteiger partial charge >= 0.3 is 5.97 Å². The van der Waals surface area contributed by atoms with Gasteiger partial charge in [-0.05, 0) is 57.8 Å². The van der Waals surface area contributed by atoms with Crippen LogP contribution in [0.25, 0.3) is 0 Å². The van der Waals surface area contributed by atoms with Gasteiger partial charge in [0.2, 0.25) is 0 Å². The fourth-order valence-electron chi connectivity index (χ4n) is 4.38. The van der Waals surface area contributed by atoms with Crippen molar-refractivity contribution in [3.8, 4) is 0 Å². The van der Waals surface area contributed by atoms with Crippen molar-refractivity contribution in [2.24, 2.45) is 5.92 Å². The number of nitrogens with zero attached hydrogens (tertiary/aromatic N) is 1.